The number of fused-ring (bicyclic) bond motifs is 3. The smallest absolute Gasteiger partial charge is 0.164 e. The van der Waals surface area contributed by atoms with Crippen LogP contribution in [0.15, 0.2) is 93.9 Å². The van der Waals surface area contributed by atoms with Gasteiger partial charge in [0.1, 0.15) is 34.5 Å². The van der Waals surface area contributed by atoms with Crippen molar-refractivity contribution in [3.63, 3.8) is 0 Å². The molecule has 1 N–H and O–H groups in total. The van der Waals surface area contributed by atoms with E-state index in [0.717, 1.165) is 70.1 Å². The summed E-state index contributed by atoms with van der Waals surface area (Å²) in [6, 6.07) is 24.0. The molecule has 50 heavy (non-hydrogen) atoms. The van der Waals surface area contributed by atoms with E-state index in [1.54, 1.807) is 12.6 Å². The Labute approximate surface area is 309 Å². The number of allylic oxidation sites excluding steroid dienone is 2. The zero-order chi connectivity index (χ0) is 35.6. The Morgan fingerprint density at radius 3 is 2.20 bits per heavy atom. The molecule has 7 heteroatoms. The van der Waals surface area contributed by atoms with Gasteiger partial charge in [-0.25, -0.2) is 4.98 Å². The number of carbonyl (C=O) groups excluding carboxylic acids is 1. The van der Waals surface area contributed by atoms with Crippen molar-refractivity contribution in [2.24, 2.45) is 10.8 Å². The van der Waals surface area contributed by atoms with E-state index in [-0.39, 0.29) is 47.9 Å². The van der Waals surface area contributed by atoms with E-state index >= 15 is 0 Å². The van der Waals surface area contributed by atoms with Gasteiger partial charge in [0.2, 0.25) is 0 Å². The van der Waals surface area contributed by atoms with Crippen molar-refractivity contribution in [1.82, 2.24) is 9.97 Å². The Balaban J connectivity index is 0.000000269. The third kappa shape index (κ3) is 7.80. The Bertz CT molecular complexity index is 2120. The number of hydrogen-bond donors (Lipinski definition) is 1. The molecule has 0 amide bonds. The molecule has 0 bridgehead atoms. The van der Waals surface area contributed by atoms with Crippen molar-refractivity contribution in [1.29, 1.82) is 0 Å². The second-order valence-electron chi connectivity index (χ2n) is 14.5. The average Bonchev–Trinajstić information content (AvgIpc) is 3.77. The number of nitrogens with zero attached hydrogens (tertiary/aromatic N) is 2. The molecule has 0 aliphatic carbocycles. The first-order valence-corrected chi connectivity index (χ1v) is 17.4. The first-order chi connectivity index (χ1) is 23.3. The fraction of sp³-hybridized carbons (Fsp3) is 0.372. The molecule has 1 radical (unpaired) electrons. The fourth-order valence-corrected chi connectivity index (χ4v) is 5.97. The van der Waals surface area contributed by atoms with Crippen LogP contribution in [0.4, 0.5) is 0 Å². The maximum absolute atomic E-state index is 12.2. The largest absolute Gasteiger partial charge is 0.512 e. The minimum absolute atomic E-state index is 0. The molecule has 0 saturated carbocycles. The number of aliphatic hydroxyl groups is 1. The summed E-state index contributed by atoms with van der Waals surface area (Å²) in [5.41, 5.74) is 5.56. The SMILES string of the molecule is CC(C)(C)c1cc(-c2ncnc3cc(-c4ccc5occc5c4)oc23)[c-]c2ccccc12.CCC(C)(CC)C(=O)/C=C(\O)C(C)(CC)CC.[Ir]. The number of aromatic nitrogens is 2. The summed E-state index contributed by atoms with van der Waals surface area (Å²) < 4.78 is 11.8. The molecule has 0 atom stereocenters. The predicted octanol–water partition coefficient (Wildman–Crippen LogP) is 12.2. The monoisotopic (exact) mass is 850 g/mol. The molecular weight excluding hydrogens is 801 g/mol. The number of aliphatic hydroxyl groups excluding tert-OH is 1. The molecule has 0 spiro atoms. The van der Waals surface area contributed by atoms with Gasteiger partial charge in [0.25, 0.3) is 0 Å². The summed E-state index contributed by atoms with van der Waals surface area (Å²) >= 11 is 0. The van der Waals surface area contributed by atoms with Gasteiger partial charge in [0.05, 0.1) is 12.0 Å². The van der Waals surface area contributed by atoms with Crippen LogP contribution in [0.5, 0.6) is 0 Å². The van der Waals surface area contributed by atoms with Crippen LogP contribution in [-0.2, 0) is 30.3 Å². The van der Waals surface area contributed by atoms with Crippen LogP contribution in [-0.4, -0.2) is 20.9 Å². The molecule has 0 fully saturated rings. The van der Waals surface area contributed by atoms with Crippen LogP contribution in [0.25, 0.3) is 55.4 Å². The minimum Gasteiger partial charge on any atom is -0.512 e. The van der Waals surface area contributed by atoms with Gasteiger partial charge in [-0.3, -0.25) is 9.78 Å². The summed E-state index contributed by atoms with van der Waals surface area (Å²) in [6.45, 7) is 18.8. The predicted molar refractivity (Wildman–Crippen MR) is 201 cm³/mol. The number of carbonyl (C=O) groups is 1. The molecule has 3 aromatic carbocycles. The van der Waals surface area contributed by atoms with Gasteiger partial charge in [-0.05, 0) is 55.4 Å². The molecule has 0 aliphatic rings. The fourth-order valence-electron chi connectivity index (χ4n) is 5.97. The zero-order valence-electron chi connectivity index (χ0n) is 30.7. The molecule has 0 aliphatic heterocycles. The normalized spacial score (nSPS) is 12.5. The van der Waals surface area contributed by atoms with Gasteiger partial charge >= 0.3 is 0 Å². The van der Waals surface area contributed by atoms with E-state index in [1.165, 1.54) is 17.0 Å². The van der Waals surface area contributed by atoms with Gasteiger partial charge in [-0.2, -0.15) is 0 Å². The maximum Gasteiger partial charge on any atom is 0.164 e. The van der Waals surface area contributed by atoms with Gasteiger partial charge < -0.3 is 13.9 Å². The quantitative estimate of drug-likeness (QED) is 0.0885. The second kappa shape index (κ2) is 15.4. The molecule has 265 valence electrons. The Morgan fingerprint density at radius 1 is 0.860 bits per heavy atom. The Hall–Kier alpha value is -4.06. The molecular formula is C43H49IrN2O4-. The van der Waals surface area contributed by atoms with E-state index in [2.05, 4.69) is 67.1 Å². The summed E-state index contributed by atoms with van der Waals surface area (Å²) in [5.74, 6) is 1.04. The number of furan rings is 2. The summed E-state index contributed by atoms with van der Waals surface area (Å²) in [5, 5.41) is 13.4. The number of benzene rings is 3. The van der Waals surface area contributed by atoms with Crippen LogP contribution in [0.1, 0.15) is 93.6 Å². The van der Waals surface area contributed by atoms with Gasteiger partial charge in [0, 0.05) is 54.0 Å². The second-order valence-corrected chi connectivity index (χ2v) is 14.5. The van der Waals surface area contributed by atoms with E-state index in [1.807, 2.05) is 71.9 Å². The van der Waals surface area contributed by atoms with Crippen molar-refractivity contribution in [3.05, 3.63) is 96.7 Å². The van der Waals surface area contributed by atoms with Crippen LogP contribution < -0.4 is 0 Å². The van der Waals surface area contributed by atoms with Crippen molar-refractivity contribution < 1.29 is 38.8 Å². The third-order valence-corrected chi connectivity index (χ3v) is 10.5. The van der Waals surface area contributed by atoms with Crippen LogP contribution in [0.3, 0.4) is 0 Å². The molecule has 0 saturated heterocycles. The number of hydrogen-bond acceptors (Lipinski definition) is 6. The zero-order valence-corrected chi connectivity index (χ0v) is 33.1. The Kier molecular flexibility index (Phi) is 12.0. The molecule has 3 aromatic heterocycles. The minimum atomic E-state index is -0.337. The maximum atomic E-state index is 12.2. The Morgan fingerprint density at radius 2 is 1.54 bits per heavy atom. The summed E-state index contributed by atoms with van der Waals surface area (Å²) in [6.07, 6.45) is 8.04. The van der Waals surface area contributed by atoms with E-state index in [4.69, 9.17) is 8.83 Å². The molecule has 3 heterocycles. The van der Waals surface area contributed by atoms with Crippen molar-refractivity contribution in [3.8, 4) is 22.6 Å². The summed E-state index contributed by atoms with van der Waals surface area (Å²) in [7, 11) is 0. The first kappa shape index (κ1) is 38.7. The number of ketones is 1. The van der Waals surface area contributed by atoms with E-state index in [9.17, 15) is 9.90 Å². The van der Waals surface area contributed by atoms with Crippen molar-refractivity contribution >= 4 is 38.6 Å². The molecule has 6 nitrogen and oxygen atoms in total. The molecule has 0 unspecified atom stereocenters. The van der Waals surface area contributed by atoms with Crippen LogP contribution >= 0.6 is 0 Å². The topological polar surface area (TPSA) is 89.4 Å². The van der Waals surface area contributed by atoms with Gasteiger partial charge in [-0.15, -0.1) is 29.1 Å². The van der Waals surface area contributed by atoms with Crippen LogP contribution in [0.2, 0.25) is 0 Å². The summed E-state index contributed by atoms with van der Waals surface area (Å²) in [4.78, 5) is 21.2. The third-order valence-electron chi connectivity index (χ3n) is 10.5. The van der Waals surface area contributed by atoms with E-state index in [0.29, 0.717) is 5.58 Å². The molecule has 6 rings (SSSR count). The average molecular weight is 850 g/mol. The molecule has 6 aromatic rings. The van der Waals surface area contributed by atoms with E-state index < -0.39 is 0 Å². The van der Waals surface area contributed by atoms with Crippen molar-refractivity contribution in [2.75, 3.05) is 0 Å². The standard InChI is InChI=1S/C28H21N2O2.C15H28O2.Ir/c1-28(2,3)22-14-20(12-17-6-4-5-7-21(17)22)26-27-23(29-16-30-26)15-25(32-27)18-8-9-24-19(13-18)10-11-31-24;1-7-14(5,8-2)12(16)11-13(17)15(6,9-3)10-4;/h4-11,13-16H,1-3H3;11,16H,7-10H2,1-6H3;/q-1;;/b;12-11-;. The van der Waals surface area contributed by atoms with Crippen molar-refractivity contribution in [2.45, 2.75) is 93.4 Å². The van der Waals surface area contributed by atoms with Gasteiger partial charge in [-0.1, -0.05) is 91.5 Å². The van der Waals surface area contributed by atoms with Crippen LogP contribution in [0, 0.1) is 16.9 Å². The first-order valence-electron chi connectivity index (χ1n) is 17.4. The van der Waals surface area contributed by atoms with Gasteiger partial charge in [0.15, 0.2) is 5.78 Å². The number of rotatable bonds is 9.